The van der Waals surface area contributed by atoms with E-state index in [4.69, 9.17) is 0 Å². The summed E-state index contributed by atoms with van der Waals surface area (Å²) in [7, 11) is 0. The Balaban J connectivity index is 1.58. The number of urea groups is 1. The monoisotopic (exact) mass is 670 g/mol. The molecular formula is C35H28F6N2O5. The maximum absolute atomic E-state index is 13.8. The molecule has 7 nitrogen and oxygen atoms in total. The highest BCUT2D eigenvalue weighted by molar-refractivity contribution is 5.86. The van der Waals surface area contributed by atoms with Gasteiger partial charge in [-0.2, -0.15) is 0 Å². The highest BCUT2D eigenvalue weighted by atomic mass is 19.4. The Hall–Kier alpha value is -5.46. The number of alkyl halides is 6. The van der Waals surface area contributed by atoms with Gasteiger partial charge in [0.2, 0.25) is 0 Å². The van der Waals surface area contributed by atoms with Crippen molar-refractivity contribution in [3.8, 4) is 11.5 Å². The summed E-state index contributed by atoms with van der Waals surface area (Å²) in [5.41, 5.74) is 1.16. The molecule has 13 heteroatoms. The van der Waals surface area contributed by atoms with Crippen LogP contribution in [0.4, 0.5) is 31.1 Å². The number of carbonyl (C=O) groups excluding carboxylic acids is 1. The Morgan fingerprint density at radius 2 is 1.31 bits per heavy atom. The van der Waals surface area contributed by atoms with E-state index in [9.17, 15) is 41.0 Å². The molecule has 1 aliphatic carbocycles. The van der Waals surface area contributed by atoms with E-state index in [1.165, 1.54) is 24.3 Å². The van der Waals surface area contributed by atoms with E-state index < -0.39 is 47.8 Å². The Morgan fingerprint density at radius 1 is 0.750 bits per heavy atom. The molecule has 0 spiro atoms. The topological polar surface area (TPSA) is 96.9 Å². The van der Waals surface area contributed by atoms with Crippen LogP contribution in [-0.4, -0.2) is 35.9 Å². The van der Waals surface area contributed by atoms with Gasteiger partial charge in [-0.25, -0.2) is 9.59 Å². The highest BCUT2D eigenvalue weighted by Crippen LogP contribution is 2.38. The van der Waals surface area contributed by atoms with Gasteiger partial charge in [0.1, 0.15) is 17.5 Å². The molecule has 1 atom stereocenters. The van der Waals surface area contributed by atoms with Crippen molar-refractivity contribution in [2.45, 2.75) is 43.6 Å². The van der Waals surface area contributed by atoms with Crippen LogP contribution in [0.2, 0.25) is 0 Å². The summed E-state index contributed by atoms with van der Waals surface area (Å²) in [5.74, 6) is -2.67. The highest BCUT2D eigenvalue weighted by Gasteiger charge is 2.40. The SMILES string of the molecule is O=C(N[C@@H](CC1=CCc2ccccc21)C(=O)O)NC(Cc1ccccc1)(c1cccc(OC(F)(F)F)c1)c1cccc(OC(F)(F)F)c1. The Kier molecular flexibility index (Phi) is 9.69. The van der Waals surface area contributed by atoms with Gasteiger partial charge in [-0.3, -0.25) is 0 Å². The van der Waals surface area contributed by atoms with Crippen molar-refractivity contribution in [3.63, 3.8) is 0 Å². The number of carboxylic acids is 1. The van der Waals surface area contributed by atoms with Crippen LogP contribution in [0.3, 0.4) is 0 Å². The Morgan fingerprint density at radius 3 is 1.88 bits per heavy atom. The van der Waals surface area contributed by atoms with E-state index in [0.717, 1.165) is 35.4 Å². The van der Waals surface area contributed by atoms with Crippen molar-refractivity contribution in [1.29, 1.82) is 0 Å². The van der Waals surface area contributed by atoms with E-state index in [0.29, 0.717) is 17.6 Å². The number of nitrogens with one attached hydrogen (secondary N) is 2. The average Bonchev–Trinajstić information content (AvgIpc) is 3.42. The van der Waals surface area contributed by atoms with Crippen molar-refractivity contribution < 1.29 is 50.5 Å². The standard InChI is InChI=1S/C35H28F6N2O5/c36-34(37,38)47-27-13-6-11-25(19-27)33(21-22-8-2-1-3-9-22,26-12-7-14-28(20-26)48-35(39,40)41)43-32(46)42-30(31(44)45)18-24-17-16-23-10-4-5-15-29(23)24/h1-15,17,19-20,30H,16,18,21H2,(H,44,45)(H2,42,43,46)/t30-/m0/s1. The van der Waals surface area contributed by atoms with Crippen LogP contribution in [0.25, 0.3) is 5.57 Å². The van der Waals surface area contributed by atoms with Crippen LogP contribution in [0, 0.1) is 0 Å². The minimum absolute atomic E-state index is 0.00767. The lowest BCUT2D eigenvalue weighted by atomic mass is 9.77. The van der Waals surface area contributed by atoms with E-state index in [1.54, 1.807) is 36.4 Å². The van der Waals surface area contributed by atoms with Gasteiger partial charge in [0.05, 0.1) is 5.54 Å². The van der Waals surface area contributed by atoms with Gasteiger partial charge >= 0.3 is 24.7 Å². The number of carboxylic acid groups (broad SMARTS) is 1. The summed E-state index contributed by atoms with van der Waals surface area (Å²) in [5, 5.41) is 15.2. The maximum atomic E-state index is 13.8. The molecule has 5 rings (SSSR count). The third kappa shape index (κ3) is 8.46. The Labute approximate surface area is 270 Å². The first kappa shape index (κ1) is 33.9. The molecule has 250 valence electrons. The lowest BCUT2D eigenvalue weighted by Crippen LogP contribution is -2.55. The third-order valence-electron chi connectivity index (χ3n) is 7.72. The van der Waals surface area contributed by atoms with Crippen molar-refractivity contribution in [3.05, 3.63) is 137 Å². The van der Waals surface area contributed by atoms with E-state index in [-0.39, 0.29) is 24.0 Å². The van der Waals surface area contributed by atoms with Crippen LogP contribution in [-0.2, 0) is 23.2 Å². The predicted octanol–water partition coefficient (Wildman–Crippen LogP) is 7.75. The quantitative estimate of drug-likeness (QED) is 0.142. The first-order valence-corrected chi connectivity index (χ1v) is 14.6. The molecule has 0 saturated heterocycles. The summed E-state index contributed by atoms with van der Waals surface area (Å²) in [6.07, 6.45) is -7.99. The molecule has 0 bridgehead atoms. The number of allylic oxidation sites excluding steroid dienone is 1. The van der Waals surface area contributed by atoms with Crippen LogP contribution < -0.4 is 20.1 Å². The molecule has 4 aromatic carbocycles. The van der Waals surface area contributed by atoms with Crippen molar-refractivity contribution >= 4 is 17.6 Å². The number of ether oxygens (including phenoxy) is 2. The fourth-order valence-electron chi connectivity index (χ4n) is 5.73. The van der Waals surface area contributed by atoms with Crippen molar-refractivity contribution in [1.82, 2.24) is 10.6 Å². The number of carbonyl (C=O) groups is 2. The number of benzene rings is 4. The first-order chi connectivity index (χ1) is 22.7. The molecule has 0 radical (unpaired) electrons. The molecule has 0 saturated carbocycles. The molecule has 3 N–H and O–H groups in total. The second-order valence-electron chi connectivity index (χ2n) is 11.0. The molecule has 0 aliphatic heterocycles. The van der Waals surface area contributed by atoms with E-state index in [1.807, 2.05) is 24.3 Å². The average molecular weight is 671 g/mol. The summed E-state index contributed by atoms with van der Waals surface area (Å²) >= 11 is 0. The number of hydrogen-bond acceptors (Lipinski definition) is 4. The van der Waals surface area contributed by atoms with Crippen LogP contribution >= 0.6 is 0 Å². The summed E-state index contributed by atoms with van der Waals surface area (Å²) < 4.78 is 87.8. The van der Waals surface area contributed by atoms with Crippen molar-refractivity contribution in [2.24, 2.45) is 0 Å². The number of hydrogen-bond donors (Lipinski definition) is 3. The van der Waals surface area contributed by atoms with Gasteiger partial charge in [-0.05, 0) is 64.1 Å². The lowest BCUT2D eigenvalue weighted by molar-refractivity contribution is -0.275. The fraction of sp³-hybridized carbons (Fsp3) is 0.200. The minimum atomic E-state index is -5.08. The van der Waals surface area contributed by atoms with Gasteiger partial charge in [0, 0.05) is 12.8 Å². The van der Waals surface area contributed by atoms with Gasteiger partial charge in [0.15, 0.2) is 0 Å². The molecule has 0 unspecified atom stereocenters. The summed E-state index contributed by atoms with van der Waals surface area (Å²) in [6.45, 7) is 0. The largest absolute Gasteiger partial charge is 0.573 e. The second-order valence-corrected chi connectivity index (χ2v) is 11.0. The van der Waals surface area contributed by atoms with E-state index >= 15 is 0 Å². The van der Waals surface area contributed by atoms with Crippen LogP contribution in [0.15, 0.2) is 109 Å². The summed E-state index contributed by atoms with van der Waals surface area (Å²) in [4.78, 5) is 26.2. The molecular weight excluding hydrogens is 642 g/mol. The molecule has 2 amide bonds. The van der Waals surface area contributed by atoms with Gasteiger partial charge < -0.3 is 25.2 Å². The molecule has 0 aromatic heterocycles. The molecule has 4 aromatic rings. The molecule has 0 fully saturated rings. The van der Waals surface area contributed by atoms with Crippen LogP contribution in [0.5, 0.6) is 11.5 Å². The number of halogens is 6. The number of aliphatic carboxylic acids is 1. The Bertz CT molecular complexity index is 1750. The van der Waals surface area contributed by atoms with Crippen molar-refractivity contribution in [2.75, 3.05) is 0 Å². The zero-order valence-corrected chi connectivity index (χ0v) is 24.9. The number of fused-ring (bicyclic) bond motifs is 1. The van der Waals surface area contributed by atoms with Gasteiger partial charge in [-0.1, -0.05) is 84.9 Å². The second kappa shape index (κ2) is 13.7. The molecule has 1 aliphatic rings. The fourth-order valence-corrected chi connectivity index (χ4v) is 5.73. The van der Waals surface area contributed by atoms with E-state index in [2.05, 4.69) is 20.1 Å². The smallest absolute Gasteiger partial charge is 0.480 e. The van der Waals surface area contributed by atoms with Gasteiger partial charge in [0.25, 0.3) is 0 Å². The minimum Gasteiger partial charge on any atom is -0.480 e. The van der Waals surface area contributed by atoms with Crippen LogP contribution in [0.1, 0.15) is 34.2 Å². The lowest BCUT2D eigenvalue weighted by Gasteiger charge is -2.37. The third-order valence-corrected chi connectivity index (χ3v) is 7.72. The molecule has 48 heavy (non-hydrogen) atoms. The van der Waals surface area contributed by atoms with Gasteiger partial charge in [-0.15, -0.1) is 26.3 Å². The predicted molar refractivity (Wildman–Crippen MR) is 163 cm³/mol. The first-order valence-electron chi connectivity index (χ1n) is 14.6. The summed E-state index contributed by atoms with van der Waals surface area (Å²) in [6, 6.07) is 22.5. The zero-order chi connectivity index (χ0) is 34.5. The number of amides is 2. The zero-order valence-electron chi connectivity index (χ0n) is 24.9. The normalized spacial score (nSPS) is 13.6. The number of rotatable bonds is 11. The molecule has 0 heterocycles. The maximum Gasteiger partial charge on any atom is 0.573 e.